The van der Waals surface area contributed by atoms with Crippen LogP contribution in [0.4, 0.5) is 0 Å². The topological polar surface area (TPSA) is 99.0 Å². The van der Waals surface area contributed by atoms with Crippen molar-refractivity contribution >= 4 is 5.84 Å². The van der Waals surface area contributed by atoms with Gasteiger partial charge in [-0.15, -0.1) is 0 Å². The molecule has 2 N–H and O–H groups in total. The molecule has 0 bridgehead atoms. The van der Waals surface area contributed by atoms with Crippen LogP contribution in [0.25, 0.3) is 0 Å². The second kappa shape index (κ2) is 6.31. The molecule has 0 amide bonds. The van der Waals surface area contributed by atoms with Gasteiger partial charge in [0.1, 0.15) is 11.4 Å². The van der Waals surface area contributed by atoms with Gasteiger partial charge in [0.2, 0.25) is 0 Å². The zero-order valence-corrected chi connectivity index (χ0v) is 10.3. The molecular weight excluding hydrogens is 238 g/mol. The number of morpholine rings is 1. The van der Waals surface area contributed by atoms with E-state index in [4.69, 9.17) is 15.3 Å². The van der Waals surface area contributed by atoms with E-state index in [2.05, 4.69) is 25.0 Å². The Bertz CT molecular complexity index is 400. The standard InChI is InChI=1S/C10H17N5O3/c1-8-9(13-18-12-8)7-17-14-10(11)6-15-2-4-16-5-3-15/h2-7H2,1H3,(H2,11,14). The Morgan fingerprint density at radius 1 is 1.44 bits per heavy atom. The molecule has 0 aromatic carbocycles. The van der Waals surface area contributed by atoms with Crippen molar-refractivity contribution in [3.05, 3.63) is 11.4 Å². The summed E-state index contributed by atoms with van der Waals surface area (Å²) in [6, 6.07) is 0. The van der Waals surface area contributed by atoms with Crippen LogP contribution in [-0.2, 0) is 16.2 Å². The lowest BCUT2D eigenvalue weighted by molar-refractivity contribution is 0.0442. The van der Waals surface area contributed by atoms with Crippen molar-refractivity contribution in [3.8, 4) is 0 Å². The van der Waals surface area contributed by atoms with E-state index in [9.17, 15) is 0 Å². The summed E-state index contributed by atoms with van der Waals surface area (Å²) in [5.41, 5.74) is 7.08. The van der Waals surface area contributed by atoms with E-state index < -0.39 is 0 Å². The van der Waals surface area contributed by atoms with E-state index in [1.807, 2.05) is 0 Å². The van der Waals surface area contributed by atoms with E-state index in [1.54, 1.807) is 6.92 Å². The third-order valence-electron chi connectivity index (χ3n) is 2.62. The fourth-order valence-corrected chi connectivity index (χ4v) is 1.57. The normalized spacial score (nSPS) is 17.9. The summed E-state index contributed by atoms with van der Waals surface area (Å²) < 4.78 is 9.79. The van der Waals surface area contributed by atoms with Crippen LogP contribution in [0.5, 0.6) is 0 Å². The predicted octanol–water partition coefficient (Wildman–Crippen LogP) is -0.501. The first-order chi connectivity index (χ1) is 8.75. The summed E-state index contributed by atoms with van der Waals surface area (Å²) in [5.74, 6) is 0.436. The van der Waals surface area contributed by atoms with E-state index in [0.29, 0.717) is 23.8 Å². The number of aromatic nitrogens is 2. The minimum Gasteiger partial charge on any atom is -0.388 e. The monoisotopic (exact) mass is 255 g/mol. The van der Waals surface area contributed by atoms with Crippen LogP contribution in [0.2, 0.25) is 0 Å². The quantitative estimate of drug-likeness (QED) is 0.430. The minimum absolute atomic E-state index is 0.207. The van der Waals surface area contributed by atoms with Crippen molar-refractivity contribution in [1.82, 2.24) is 15.2 Å². The Kier molecular flexibility index (Phi) is 4.48. The molecule has 18 heavy (non-hydrogen) atoms. The number of rotatable bonds is 5. The second-order valence-electron chi connectivity index (χ2n) is 4.04. The Labute approximate surface area is 105 Å². The molecule has 0 radical (unpaired) electrons. The zero-order valence-electron chi connectivity index (χ0n) is 10.3. The molecule has 0 atom stereocenters. The number of oxime groups is 1. The van der Waals surface area contributed by atoms with E-state index in [1.165, 1.54) is 0 Å². The first-order valence-electron chi connectivity index (χ1n) is 5.78. The molecule has 1 fully saturated rings. The molecule has 0 unspecified atom stereocenters. The summed E-state index contributed by atoms with van der Waals surface area (Å²) >= 11 is 0. The van der Waals surface area contributed by atoms with E-state index in [-0.39, 0.29) is 6.61 Å². The Morgan fingerprint density at radius 2 is 2.22 bits per heavy atom. The summed E-state index contributed by atoms with van der Waals surface area (Å²) in [5, 5.41) is 11.2. The number of nitrogens with zero attached hydrogens (tertiary/aromatic N) is 4. The molecule has 8 heteroatoms. The molecule has 0 aliphatic carbocycles. The van der Waals surface area contributed by atoms with Crippen LogP contribution in [0.1, 0.15) is 11.4 Å². The van der Waals surface area contributed by atoms with Gasteiger partial charge >= 0.3 is 0 Å². The predicted molar refractivity (Wildman–Crippen MR) is 62.7 cm³/mol. The number of aryl methyl sites for hydroxylation is 1. The Balaban J connectivity index is 1.73. The molecule has 1 aliphatic heterocycles. The van der Waals surface area contributed by atoms with Crippen molar-refractivity contribution in [2.45, 2.75) is 13.5 Å². The fourth-order valence-electron chi connectivity index (χ4n) is 1.57. The van der Waals surface area contributed by atoms with Crippen LogP contribution in [0.15, 0.2) is 9.78 Å². The van der Waals surface area contributed by atoms with Gasteiger partial charge in [0.05, 0.1) is 19.8 Å². The maximum atomic E-state index is 5.77. The maximum Gasteiger partial charge on any atom is 0.164 e. The Morgan fingerprint density at radius 3 is 2.89 bits per heavy atom. The van der Waals surface area contributed by atoms with Gasteiger partial charge in [-0.25, -0.2) is 4.63 Å². The molecule has 0 saturated carbocycles. The van der Waals surface area contributed by atoms with Gasteiger partial charge in [0, 0.05) is 13.1 Å². The number of nitrogens with two attached hydrogens (primary N) is 1. The molecule has 1 aromatic rings. The van der Waals surface area contributed by atoms with Crippen LogP contribution in [0, 0.1) is 6.92 Å². The third kappa shape index (κ3) is 3.67. The lowest BCUT2D eigenvalue weighted by Crippen LogP contribution is -2.41. The number of hydrogen-bond acceptors (Lipinski definition) is 7. The summed E-state index contributed by atoms with van der Waals surface area (Å²) in [6.45, 7) is 5.77. The van der Waals surface area contributed by atoms with Crippen LogP contribution < -0.4 is 5.73 Å². The van der Waals surface area contributed by atoms with Gasteiger partial charge < -0.3 is 15.3 Å². The highest BCUT2D eigenvalue weighted by atomic mass is 16.6. The molecule has 2 rings (SSSR count). The smallest absolute Gasteiger partial charge is 0.164 e. The van der Waals surface area contributed by atoms with Crippen molar-refractivity contribution in [3.63, 3.8) is 0 Å². The summed E-state index contributed by atoms with van der Waals surface area (Å²) in [4.78, 5) is 7.27. The van der Waals surface area contributed by atoms with E-state index in [0.717, 1.165) is 26.3 Å². The van der Waals surface area contributed by atoms with E-state index >= 15 is 0 Å². The first kappa shape index (κ1) is 12.8. The second-order valence-corrected chi connectivity index (χ2v) is 4.04. The highest BCUT2D eigenvalue weighted by molar-refractivity contribution is 5.81. The minimum atomic E-state index is 0.207. The highest BCUT2D eigenvalue weighted by Gasteiger charge is 2.11. The Hall–Kier alpha value is -1.67. The van der Waals surface area contributed by atoms with Gasteiger partial charge in [-0.05, 0) is 6.92 Å². The number of ether oxygens (including phenoxy) is 1. The fraction of sp³-hybridized carbons (Fsp3) is 0.700. The molecule has 2 heterocycles. The van der Waals surface area contributed by atoms with Crippen LogP contribution in [-0.4, -0.2) is 53.9 Å². The lowest BCUT2D eigenvalue weighted by Gasteiger charge is -2.25. The third-order valence-corrected chi connectivity index (χ3v) is 2.62. The number of amidine groups is 1. The highest BCUT2D eigenvalue weighted by Crippen LogP contribution is 2.02. The number of hydrogen-bond donors (Lipinski definition) is 1. The molecule has 1 saturated heterocycles. The SMILES string of the molecule is Cc1nonc1CON=C(N)CN1CCOCC1. The molecule has 1 aliphatic rings. The van der Waals surface area contributed by atoms with Gasteiger partial charge in [-0.3, -0.25) is 4.90 Å². The van der Waals surface area contributed by atoms with Crippen molar-refractivity contribution in [1.29, 1.82) is 0 Å². The molecule has 8 nitrogen and oxygen atoms in total. The molecule has 1 aromatic heterocycles. The van der Waals surface area contributed by atoms with Crippen LogP contribution in [0.3, 0.4) is 0 Å². The van der Waals surface area contributed by atoms with Gasteiger partial charge in [0.15, 0.2) is 12.4 Å². The largest absolute Gasteiger partial charge is 0.388 e. The molecule has 0 spiro atoms. The van der Waals surface area contributed by atoms with Crippen molar-refractivity contribution in [2.75, 3.05) is 32.8 Å². The first-order valence-corrected chi connectivity index (χ1v) is 5.78. The van der Waals surface area contributed by atoms with Crippen LogP contribution >= 0.6 is 0 Å². The summed E-state index contributed by atoms with van der Waals surface area (Å²) in [7, 11) is 0. The van der Waals surface area contributed by atoms with Crippen molar-refractivity contribution < 1.29 is 14.2 Å². The van der Waals surface area contributed by atoms with Crippen molar-refractivity contribution in [2.24, 2.45) is 10.9 Å². The van der Waals surface area contributed by atoms with Gasteiger partial charge in [-0.1, -0.05) is 15.5 Å². The molecular formula is C10H17N5O3. The van der Waals surface area contributed by atoms with Gasteiger partial charge in [-0.2, -0.15) is 0 Å². The maximum absolute atomic E-state index is 5.77. The summed E-state index contributed by atoms with van der Waals surface area (Å²) in [6.07, 6.45) is 0. The average Bonchev–Trinajstić information content (AvgIpc) is 2.76. The lowest BCUT2D eigenvalue weighted by atomic mass is 10.4. The molecule has 100 valence electrons. The van der Waals surface area contributed by atoms with Gasteiger partial charge in [0.25, 0.3) is 0 Å². The average molecular weight is 255 g/mol. The zero-order chi connectivity index (χ0) is 12.8.